The van der Waals surface area contributed by atoms with Gasteiger partial charge in [-0.3, -0.25) is 9.88 Å². The number of nitrogens with one attached hydrogen (secondary N) is 3. The van der Waals surface area contributed by atoms with Gasteiger partial charge in [-0.1, -0.05) is 72.8 Å². The summed E-state index contributed by atoms with van der Waals surface area (Å²) in [6, 6.07) is 30.9. The molecule has 0 saturated carbocycles. The van der Waals surface area contributed by atoms with Crippen molar-refractivity contribution in [2.45, 2.75) is 51.5 Å². The highest BCUT2D eigenvalue weighted by Crippen LogP contribution is 2.34. The Bertz CT molecular complexity index is 1530. The maximum atomic E-state index is 12.3. The molecule has 202 valence electrons. The number of hydrogen-bond acceptors (Lipinski definition) is 4. The monoisotopic (exact) mass is 530 g/mol. The maximum Gasteiger partial charge on any atom is 0.315 e. The summed E-state index contributed by atoms with van der Waals surface area (Å²) in [6.45, 7) is 2.47. The molecule has 0 bridgehead atoms. The molecule has 2 amide bonds. The zero-order chi connectivity index (χ0) is 27.1. The van der Waals surface area contributed by atoms with E-state index in [1.807, 2.05) is 60.8 Å². The Morgan fingerprint density at radius 2 is 1.55 bits per heavy atom. The van der Waals surface area contributed by atoms with Crippen LogP contribution in [0, 0.1) is 0 Å². The predicted octanol–water partition coefficient (Wildman–Crippen LogP) is 6.04. The Morgan fingerprint density at radius 1 is 0.825 bits per heavy atom. The second-order valence-corrected chi connectivity index (χ2v) is 10.4. The Balaban J connectivity index is 1.13. The molecule has 1 aliphatic carbocycles. The third-order valence-electron chi connectivity index (χ3n) is 7.56. The zero-order valence-corrected chi connectivity index (χ0v) is 22.5. The quantitative estimate of drug-likeness (QED) is 0.217. The topological polar surface area (TPSA) is 85.9 Å². The van der Waals surface area contributed by atoms with Gasteiger partial charge in [0.15, 0.2) is 0 Å². The van der Waals surface area contributed by atoms with Crippen LogP contribution in [0.4, 0.5) is 4.79 Å². The number of amides is 2. The van der Waals surface area contributed by atoms with E-state index in [2.05, 4.69) is 56.9 Å². The number of carbonyl (C=O) groups is 1. The van der Waals surface area contributed by atoms with Gasteiger partial charge in [-0.2, -0.15) is 0 Å². The van der Waals surface area contributed by atoms with Crippen LogP contribution >= 0.6 is 0 Å². The fourth-order valence-corrected chi connectivity index (χ4v) is 5.51. The summed E-state index contributed by atoms with van der Waals surface area (Å²) in [5.74, 6) is 0.964. The Morgan fingerprint density at radius 3 is 2.35 bits per heavy atom. The first-order chi connectivity index (χ1) is 19.7. The fourth-order valence-electron chi connectivity index (χ4n) is 5.51. The number of H-pyrrole nitrogens is 1. The summed E-state index contributed by atoms with van der Waals surface area (Å²) in [6.07, 6.45) is 5.22. The van der Waals surface area contributed by atoms with E-state index < -0.39 is 0 Å². The van der Waals surface area contributed by atoms with E-state index in [9.17, 15) is 4.79 Å². The Kier molecular flexibility index (Phi) is 7.82. The van der Waals surface area contributed by atoms with E-state index >= 15 is 0 Å². The molecule has 1 atom stereocenters. The summed E-state index contributed by atoms with van der Waals surface area (Å²) in [7, 11) is 0. The number of rotatable bonds is 9. The number of carbonyl (C=O) groups excluding carboxylic acids is 1. The van der Waals surface area contributed by atoms with Crippen molar-refractivity contribution in [3.63, 3.8) is 0 Å². The van der Waals surface area contributed by atoms with Crippen molar-refractivity contribution in [2.24, 2.45) is 0 Å². The summed E-state index contributed by atoms with van der Waals surface area (Å²) >= 11 is 0. The van der Waals surface area contributed by atoms with E-state index in [1.54, 1.807) is 0 Å². The third kappa shape index (κ3) is 6.21. The van der Waals surface area contributed by atoms with Gasteiger partial charge in [0.05, 0.1) is 29.3 Å². The van der Waals surface area contributed by atoms with Crippen molar-refractivity contribution < 1.29 is 4.79 Å². The minimum atomic E-state index is -0.173. The van der Waals surface area contributed by atoms with Gasteiger partial charge < -0.3 is 15.6 Å². The van der Waals surface area contributed by atoms with Crippen LogP contribution in [-0.2, 0) is 32.6 Å². The SMILES string of the molecule is O=C(NCc1ccccc1)NCc1ccc(CN(Cc2nc3ccccc3[nH]2)C2CCCc3cccnc32)cc1. The van der Waals surface area contributed by atoms with E-state index in [0.29, 0.717) is 19.6 Å². The Labute approximate surface area is 234 Å². The number of para-hydroxylation sites is 2. The lowest BCUT2D eigenvalue weighted by Gasteiger charge is -2.34. The summed E-state index contributed by atoms with van der Waals surface area (Å²) < 4.78 is 0. The lowest BCUT2D eigenvalue weighted by molar-refractivity contribution is 0.153. The van der Waals surface area contributed by atoms with Gasteiger partial charge in [0, 0.05) is 25.8 Å². The van der Waals surface area contributed by atoms with Crippen molar-refractivity contribution in [3.8, 4) is 0 Å². The molecule has 0 saturated heterocycles. The predicted molar refractivity (Wildman–Crippen MR) is 157 cm³/mol. The van der Waals surface area contributed by atoms with E-state index in [1.165, 1.54) is 16.8 Å². The molecule has 1 unspecified atom stereocenters. The normalized spacial score (nSPS) is 14.7. The van der Waals surface area contributed by atoms with Gasteiger partial charge in [-0.25, -0.2) is 9.78 Å². The van der Waals surface area contributed by atoms with Crippen LogP contribution in [0.5, 0.6) is 0 Å². The lowest BCUT2D eigenvalue weighted by Crippen LogP contribution is -2.34. The van der Waals surface area contributed by atoms with Gasteiger partial charge in [-0.15, -0.1) is 0 Å². The summed E-state index contributed by atoms with van der Waals surface area (Å²) in [5.41, 5.74) is 7.94. The van der Waals surface area contributed by atoms with Gasteiger partial charge >= 0.3 is 6.03 Å². The number of urea groups is 1. The smallest absolute Gasteiger partial charge is 0.315 e. The van der Waals surface area contributed by atoms with Gasteiger partial charge in [0.1, 0.15) is 5.82 Å². The van der Waals surface area contributed by atoms with Gasteiger partial charge in [0.25, 0.3) is 0 Å². The molecule has 5 aromatic rings. The van der Waals surface area contributed by atoms with Crippen LogP contribution < -0.4 is 10.6 Å². The minimum Gasteiger partial charge on any atom is -0.341 e. The molecule has 0 fully saturated rings. The standard InChI is InChI=1S/C33H34N6O/c40-33(35-20-24-8-2-1-3-9-24)36-21-25-15-17-26(18-16-25)22-39(23-31-37-28-12-4-5-13-29(28)38-31)30-14-6-10-27-11-7-19-34-32(27)30/h1-5,7-9,11-13,15-19,30H,6,10,14,20-23H2,(H,37,38)(H2,35,36,40). The number of hydrogen-bond donors (Lipinski definition) is 3. The van der Waals surface area contributed by atoms with E-state index in [0.717, 1.165) is 53.8 Å². The van der Waals surface area contributed by atoms with Crippen molar-refractivity contribution >= 4 is 17.1 Å². The first kappa shape index (κ1) is 25.8. The largest absolute Gasteiger partial charge is 0.341 e. The number of aryl methyl sites for hydroxylation is 1. The fraction of sp³-hybridized carbons (Fsp3) is 0.242. The third-order valence-corrected chi connectivity index (χ3v) is 7.56. The highest BCUT2D eigenvalue weighted by atomic mass is 16.2. The second-order valence-electron chi connectivity index (χ2n) is 10.4. The van der Waals surface area contributed by atoms with Crippen molar-refractivity contribution in [1.29, 1.82) is 0 Å². The van der Waals surface area contributed by atoms with Crippen molar-refractivity contribution in [2.75, 3.05) is 0 Å². The number of nitrogens with zero attached hydrogens (tertiary/aromatic N) is 3. The average molecular weight is 531 g/mol. The van der Waals surface area contributed by atoms with Crippen LogP contribution in [0.3, 0.4) is 0 Å². The molecular weight excluding hydrogens is 496 g/mol. The molecule has 1 aliphatic rings. The number of imidazole rings is 1. The van der Waals surface area contributed by atoms with E-state index in [4.69, 9.17) is 9.97 Å². The molecule has 3 aromatic carbocycles. The Hall–Kier alpha value is -4.49. The van der Waals surface area contributed by atoms with Crippen LogP contribution in [0.1, 0.15) is 52.7 Å². The minimum absolute atomic E-state index is 0.173. The van der Waals surface area contributed by atoms with Crippen LogP contribution in [-0.4, -0.2) is 25.9 Å². The van der Waals surface area contributed by atoms with Crippen molar-refractivity contribution in [3.05, 3.63) is 131 Å². The van der Waals surface area contributed by atoms with Crippen LogP contribution in [0.2, 0.25) is 0 Å². The van der Waals surface area contributed by atoms with Crippen LogP contribution in [0.25, 0.3) is 11.0 Å². The second kappa shape index (κ2) is 12.1. The maximum absolute atomic E-state index is 12.3. The highest BCUT2D eigenvalue weighted by molar-refractivity contribution is 5.74. The zero-order valence-electron chi connectivity index (χ0n) is 22.5. The molecule has 2 aromatic heterocycles. The molecule has 6 rings (SSSR count). The summed E-state index contributed by atoms with van der Waals surface area (Å²) in [5, 5.41) is 5.87. The molecule has 3 N–H and O–H groups in total. The molecule has 0 spiro atoms. The van der Waals surface area contributed by atoms with Crippen molar-refractivity contribution in [1.82, 2.24) is 30.5 Å². The van der Waals surface area contributed by atoms with Crippen LogP contribution in [0.15, 0.2) is 97.2 Å². The molecule has 2 heterocycles. The van der Waals surface area contributed by atoms with E-state index in [-0.39, 0.29) is 12.1 Å². The molecule has 0 aliphatic heterocycles. The molecule has 40 heavy (non-hydrogen) atoms. The number of fused-ring (bicyclic) bond motifs is 2. The number of pyridine rings is 1. The lowest BCUT2D eigenvalue weighted by atomic mass is 9.90. The van der Waals surface area contributed by atoms with Gasteiger partial charge in [0.2, 0.25) is 0 Å². The van der Waals surface area contributed by atoms with Gasteiger partial charge in [-0.05, 0) is 59.7 Å². The average Bonchev–Trinajstić information content (AvgIpc) is 3.42. The number of aromatic nitrogens is 3. The highest BCUT2D eigenvalue weighted by Gasteiger charge is 2.28. The summed E-state index contributed by atoms with van der Waals surface area (Å²) in [4.78, 5) is 28.0. The first-order valence-corrected chi connectivity index (χ1v) is 14.0. The number of aromatic amines is 1. The molecule has 7 heteroatoms. The molecular formula is C33H34N6O. The first-order valence-electron chi connectivity index (χ1n) is 14.0. The number of benzene rings is 3. The molecule has 7 nitrogen and oxygen atoms in total. The molecule has 0 radical (unpaired) electrons.